The van der Waals surface area contributed by atoms with Crippen LogP contribution >= 0.6 is 0 Å². The van der Waals surface area contributed by atoms with E-state index >= 15 is 0 Å². The molecule has 2 rings (SSSR count). The summed E-state index contributed by atoms with van der Waals surface area (Å²) in [4.78, 5) is 6.24. The Morgan fingerprint density at radius 3 is 3.00 bits per heavy atom. The van der Waals surface area contributed by atoms with Crippen LogP contribution in [0, 0.1) is 11.3 Å². The van der Waals surface area contributed by atoms with E-state index in [4.69, 9.17) is 5.26 Å². The molecule has 0 bridgehead atoms. The van der Waals surface area contributed by atoms with Gasteiger partial charge in [0.15, 0.2) is 0 Å². The third-order valence-electron chi connectivity index (χ3n) is 2.91. The second kappa shape index (κ2) is 3.77. The van der Waals surface area contributed by atoms with E-state index in [0.29, 0.717) is 6.04 Å². The minimum atomic E-state index is 0.0696. The fourth-order valence-corrected chi connectivity index (χ4v) is 2.07. The normalized spacial score (nSPS) is 27.4. The monoisotopic (exact) mass is 187 g/mol. The van der Waals surface area contributed by atoms with Crippen LogP contribution in [-0.2, 0) is 0 Å². The maximum absolute atomic E-state index is 8.89. The zero-order valence-electron chi connectivity index (χ0n) is 8.22. The average Bonchev–Trinajstić information content (AvgIpc) is 2.61. The lowest BCUT2D eigenvalue weighted by Gasteiger charge is -2.21. The van der Waals surface area contributed by atoms with Gasteiger partial charge in [0.2, 0.25) is 0 Å². The van der Waals surface area contributed by atoms with Gasteiger partial charge in [-0.3, -0.25) is 9.88 Å². The first-order chi connectivity index (χ1) is 6.83. The number of rotatable bonds is 1. The van der Waals surface area contributed by atoms with Gasteiger partial charge < -0.3 is 0 Å². The summed E-state index contributed by atoms with van der Waals surface area (Å²) in [6.45, 7) is 0. The molecule has 0 aliphatic carbocycles. The summed E-state index contributed by atoms with van der Waals surface area (Å²) in [5, 5.41) is 8.89. The van der Waals surface area contributed by atoms with Gasteiger partial charge in [0.05, 0.1) is 12.1 Å². The summed E-state index contributed by atoms with van der Waals surface area (Å²) in [5.41, 5.74) is 1.22. The summed E-state index contributed by atoms with van der Waals surface area (Å²) in [7, 11) is 2.01. The molecule has 1 fully saturated rings. The van der Waals surface area contributed by atoms with Crippen molar-refractivity contribution >= 4 is 0 Å². The van der Waals surface area contributed by atoms with Crippen molar-refractivity contribution in [2.45, 2.75) is 24.9 Å². The van der Waals surface area contributed by atoms with Crippen LogP contribution in [0.15, 0.2) is 24.5 Å². The Morgan fingerprint density at radius 2 is 2.43 bits per heavy atom. The van der Waals surface area contributed by atoms with Gasteiger partial charge in [-0.1, -0.05) is 6.07 Å². The Hall–Kier alpha value is -1.40. The average molecular weight is 187 g/mol. The van der Waals surface area contributed by atoms with Crippen molar-refractivity contribution in [1.82, 2.24) is 9.88 Å². The molecule has 0 aromatic carbocycles. The molecule has 1 aromatic rings. The van der Waals surface area contributed by atoms with E-state index < -0.39 is 0 Å². The van der Waals surface area contributed by atoms with Gasteiger partial charge in [0, 0.05) is 18.4 Å². The highest BCUT2D eigenvalue weighted by Crippen LogP contribution is 2.33. The number of likely N-dealkylation sites (tertiary alicyclic amines) is 1. The molecule has 0 saturated carbocycles. The Morgan fingerprint density at radius 1 is 1.57 bits per heavy atom. The molecule has 72 valence electrons. The van der Waals surface area contributed by atoms with Gasteiger partial charge in [-0.15, -0.1) is 0 Å². The molecule has 1 aliphatic heterocycles. The first-order valence-corrected chi connectivity index (χ1v) is 4.84. The first-order valence-electron chi connectivity index (χ1n) is 4.84. The number of hydrogen-bond donors (Lipinski definition) is 0. The van der Waals surface area contributed by atoms with E-state index in [-0.39, 0.29) is 6.04 Å². The number of hydrogen-bond acceptors (Lipinski definition) is 3. The molecule has 1 aromatic heterocycles. The van der Waals surface area contributed by atoms with Crippen molar-refractivity contribution < 1.29 is 0 Å². The van der Waals surface area contributed by atoms with Gasteiger partial charge in [-0.2, -0.15) is 5.26 Å². The van der Waals surface area contributed by atoms with Gasteiger partial charge >= 0.3 is 0 Å². The summed E-state index contributed by atoms with van der Waals surface area (Å²) >= 11 is 0. The molecule has 14 heavy (non-hydrogen) atoms. The molecular weight excluding hydrogens is 174 g/mol. The van der Waals surface area contributed by atoms with Crippen LogP contribution in [0.25, 0.3) is 0 Å². The van der Waals surface area contributed by atoms with Crippen molar-refractivity contribution in [3.05, 3.63) is 30.1 Å². The lowest BCUT2D eigenvalue weighted by molar-refractivity contribution is 0.279. The topological polar surface area (TPSA) is 39.9 Å². The Labute approximate surface area is 84.0 Å². The quantitative estimate of drug-likeness (QED) is 0.672. The molecule has 0 radical (unpaired) electrons. The largest absolute Gasteiger partial charge is 0.284 e. The summed E-state index contributed by atoms with van der Waals surface area (Å²) < 4.78 is 0. The predicted octanol–water partition coefficient (Wildman–Crippen LogP) is 1.74. The van der Waals surface area contributed by atoms with Crippen molar-refractivity contribution in [2.24, 2.45) is 0 Å². The van der Waals surface area contributed by atoms with Crippen molar-refractivity contribution in [3.8, 4) is 6.07 Å². The molecule has 0 unspecified atom stereocenters. The minimum absolute atomic E-state index is 0.0696. The van der Waals surface area contributed by atoms with Crippen LogP contribution in [0.1, 0.15) is 24.4 Å². The van der Waals surface area contributed by atoms with E-state index in [1.54, 1.807) is 6.20 Å². The van der Waals surface area contributed by atoms with E-state index in [9.17, 15) is 0 Å². The highest BCUT2D eigenvalue weighted by molar-refractivity contribution is 5.17. The lowest BCUT2D eigenvalue weighted by atomic mass is 10.1. The standard InChI is InChI=1S/C11H13N3/c1-14-10(7-12)4-5-11(14)9-3-2-6-13-8-9/h2-3,6,8,10-11H,4-5H2,1H3/t10-,11+/m1/s1. The van der Waals surface area contributed by atoms with Gasteiger partial charge in [0.1, 0.15) is 0 Å². The maximum Gasteiger partial charge on any atom is 0.0981 e. The van der Waals surface area contributed by atoms with E-state index in [0.717, 1.165) is 12.8 Å². The van der Waals surface area contributed by atoms with E-state index in [1.165, 1.54) is 5.56 Å². The Balaban J connectivity index is 2.19. The predicted molar refractivity (Wildman–Crippen MR) is 53.4 cm³/mol. The summed E-state index contributed by atoms with van der Waals surface area (Å²) in [5.74, 6) is 0. The number of pyridine rings is 1. The first kappa shape index (κ1) is 9.17. The lowest BCUT2D eigenvalue weighted by Crippen LogP contribution is -2.25. The molecule has 2 atom stereocenters. The highest BCUT2D eigenvalue weighted by atomic mass is 15.2. The third kappa shape index (κ3) is 1.49. The summed E-state index contributed by atoms with van der Waals surface area (Å²) in [6.07, 6.45) is 5.69. The van der Waals surface area contributed by atoms with Crippen LogP contribution in [-0.4, -0.2) is 23.0 Å². The Kier molecular flexibility index (Phi) is 2.47. The minimum Gasteiger partial charge on any atom is -0.284 e. The van der Waals surface area contributed by atoms with Gasteiger partial charge in [-0.05, 0) is 31.5 Å². The zero-order valence-corrected chi connectivity index (χ0v) is 8.22. The van der Waals surface area contributed by atoms with Crippen LogP contribution in [0.4, 0.5) is 0 Å². The van der Waals surface area contributed by atoms with Crippen LogP contribution in [0.2, 0.25) is 0 Å². The third-order valence-corrected chi connectivity index (χ3v) is 2.91. The van der Waals surface area contributed by atoms with E-state index in [2.05, 4.69) is 22.0 Å². The molecule has 0 N–H and O–H groups in total. The summed E-state index contributed by atoms with van der Waals surface area (Å²) in [6, 6.07) is 6.78. The number of aromatic nitrogens is 1. The molecular formula is C11H13N3. The van der Waals surface area contributed by atoms with Crippen LogP contribution in [0.5, 0.6) is 0 Å². The Bertz CT molecular complexity index is 341. The zero-order chi connectivity index (χ0) is 9.97. The SMILES string of the molecule is CN1[C@@H](C#N)CC[C@H]1c1cccnc1. The fourth-order valence-electron chi connectivity index (χ4n) is 2.07. The van der Waals surface area contributed by atoms with Crippen molar-refractivity contribution in [1.29, 1.82) is 5.26 Å². The van der Waals surface area contributed by atoms with Crippen molar-refractivity contribution in [2.75, 3.05) is 7.05 Å². The number of nitriles is 1. The molecule has 2 heterocycles. The fraction of sp³-hybridized carbons (Fsp3) is 0.455. The van der Waals surface area contributed by atoms with Gasteiger partial charge in [0.25, 0.3) is 0 Å². The molecule has 1 aliphatic rings. The highest BCUT2D eigenvalue weighted by Gasteiger charge is 2.31. The molecule has 0 spiro atoms. The van der Waals surface area contributed by atoms with Crippen molar-refractivity contribution in [3.63, 3.8) is 0 Å². The van der Waals surface area contributed by atoms with Crippen LogP contribution < -0.4 is 0 Å². The second-order valence-electron chi connectivity index (χ2n) is 3.69. The smallest absolute Gasteiger partial charge is 0.0981 e. The number of nitrogens with zero attached hydrogens (tertiary/aromatic N) is 3. The molecule has 0 amide bonds. The second-order valence-corrected chi connectivity index (χ2v) is 3.69. The maximum atomic E-state index is 8.89. The molecule has 3 heteroatoms. The van der Waals surface area contributed by atoms with E-state index in [1.807, 2.05) is 19.3 Å². The molecule has 3 nitrogen and oxygen atoms in total. The molecule has 1 saturated heterocycles. The van der Waals surface area contributed by atoms with Crippen LogP contribution in [0.3, 0.4) is 0 Å². The van der Waals surface area contributed by atoms with Gasteiger partial charge in [-0.25, -0.2) is 0 Å².